The smallest absolute Gasteiger partial charge is 0.300 e. The first-order valence-electron chi connectivity index (χ1n) is 11.2. The van der Waals surface area contributed by atoms with Crippen LogP contribution < -0.4 is 10.6 Å². The molecule has 0 spiro atoms. The van der Waals surface area contributed by atoms with Gasteiger partial charge < -0.3 is 24.1 Å². The second-order valence-corrected chi connectivity index (χ2v) is 9.99. The van der Waals surface area contributed by atoms with Gasteiger partial charge >= 0.3 is 7.37 Å². The van der Waals surface area contributed by atoms with E-state index >= 15 is 0 Å². The van der Waals surface area contributed by atoms with Crippen LogP contribution in [0.2, 0.25) is 0 Å². The van der Waals surface area contributed by atoms with E-state index in [1.807, 2.05) is 6.92 Å². The van der Waals surface area contributed by atoms with E-state index in [0.717, 1.165) is 5.56 Å². The lowest BCUT2D eigenvalue weighted by Crippen LogP contribution is -2.22. The van der Waals surface area contributed by atoms with Gasteiger partial charge in [-0.05, 0) is 56.5 Å². The Bertz CT molecular complexity index is 1020. The second kappa shape index (κ2) is 13.5. The lowest BCUT2D eigenvalue weighted by Gasteiger charge is -2.22. The van der Waals surface area contributed by atoms with Gasteiger partial charge in [0.1, 0.15) is 6.61 Å². The highest BCUT2D eigenvalue weighted by molar-refractivity contribution is 7.83. The van der Waals surface area contributed by atoms with Crippen molar-refractivity contribution in [1.29, 1.82) is 0 Å². The van der Waals surface area contributed by atoms with Crippen LogP contribution in [0.5, 0.6) is 0 Å². The zero-order valence-electron chi connectivity index (χ0n) is 20.5. The molecule has 1 unspecified atom stereocenters. The van der Waals surface area contributed by atoms with Gasteiger partial charge in [0.15, 0.2) is 0 Å². The van der Waals surface area contributed by atoms with Crippen LogP contribution in [-0.2, 0) is 28.1 Å². The topological polar surface area (TPSA) is 100 Å². The molecule has 0 aromatic heterocycles. The van der Waals surface area contributed by atoms with Crippen LogP contribution in [0.15, 0.2) is 36.4 Å². The predicted octanol–water partition coefficient (Wildman–Crippen LogP) is 4.01. The lowest BCUT2D eigenvalue weighted by atomic mass is 9.98. The molecule has 186 valence electrons. The van der Waals surface area contributed by atoms with Crippen molar-refractivity contribution in [2.75, 3.05) is 52.1 Å². The minimum Gasteiger partial charge on any atom is -0.382 e. The number of hydrogen-bond acceptors (Lipinski definition) is 7. The predicted molar refractivity (Wildman–Crippen MR) is 132 cm³/mol. The summed E-state index contributed by atoms with van der Waals surface area (Å²) in [6.07, 6.45) is 0. The summed E-state index contributed by atoms with van der Waals surface area (Å²) >= 11 is 0. The van der Waals surface area contributed by atoms with Gasteiger partial charge in [0.05, 0.1) is 33.0 Å². The van der Waals surface area contributed by atoms with E-state index < -0.39 is 12.9 Å². The maximum absolute atomic E-state index is 13.8. The van der Waals surface area contributed by atoms with Crippen molar-refractivity contribution in [2.45, 2.75) is 27.7 Å². The van der Waals surface area contributed by atoms with E-state index in [9.17, 15) is 14.2 Å². The highest BCUT2D eigenvalue weighted by Gasteiger charge is 2.38. The molecule has 2 rings (SSSR count). The molecule has 1 amide bonds. The van der Waals surface area contributed by atoms with Gasteiger partial charge in [0.2, 0.25) is 5.91 Å². The number of ether oxygens (including phenoxy) is 3. The molecule has 2 aromatic carbocycles. The first-order valence-corrected chi connectivity index (χ1v) is 12.8. The van der Waals surface area contributed by atoms with Crippen molar-refractivity contribution in [2.24, 2.45) is 0 Å². The van der Waals surface area contributed by atoms with Gasteiger partial charge in [0.25, 0.3) is 5.52 Å². The molecule has 8 nitrogen and oxygen atoms in total. The molecule has 0 fully saturated rings. The average molecular weight is 492 g/mol. The molecule has 0 bridgehead atoms. The van der Waals surface area contributed by atoms with Crippen molar-refractivity contribution in [3.05, 3.63) is 58.7 Å². The summed E-state index contributed by atoms with van der Waals surface area (Å²) in [5, 5.41) is 3.17. The van der Waals surface area contributed by atoms with Crippen LogP contribution in [0.3, 0.4) is 0 Å². The summed E-state index contributed by atoms with van der Waals surface area (Å²) in [6, 6.07) is 10.3. The molecule has 0 aliphatic heterocycles. The van der Waals surface area contributed by atoms with Crippen LogP contribution in [0.25, 0.3) is 0 Å². The van der Waals surface area contributed by atoms with Gasteiger partial charge in [-0.3, -0.25) is 14.2 Å². The summed E-state index contributed by atoms with van der Waals surface area (Å²) in [5.74, 6) is -0.360. The van der Waals surface area contributed by atoms with Crippen molar-refractivity contribution in [1.82, 2.24) is 0 Å². The summed E-state index contributed by atoms with van der Waals surface area (Å²) in [4.78, 5) is 26.1. The summed E-state index contributed by atoms with van der Waals surface area (Å²) < 4.78 is 34.9. The molecule has 0 heterocycles. The number of amides is 1. The van der Waals surface area contributed by atoms with E-state index in [1.165, 1.54) is 0 Å². The third kappa shape index (κ3) is 7.08. The normalized spacial score (nSPS) is 12.9. The van der Waals surface area contributed by atoms with Gasteiger partial charge in [-0.25, -0.2) is 0 Å². The summed E-state index contributed by atoms with van der Waals surface area (Å²) in [6.45, 7) is 8.59. The molecule has 0 aliphatic rings. The van der Waals surface area contributed by atoms with Gasteiger partial charge in [-0.2, -0.15) is 0 Å². The van der Waals surface area contributed by atoms with E-state index in [0.29, 0.717) is 41.9 Å². The Morgan fingerprint density at radius 1 is 0.941 bits per heavy atom. The number of benzene rings is 2. The van der Waals surface area contributed by atoms with Crippen LogP contribution in [0, 0.1) is 20.8 Å². The van der Waals surface area contributed by atoms with Crippen molar-refractivity contribution < 1.29 is 32.9 Å². The molecular weight excluding hydrogens is 457 g/mol. The number of methoxy groups -OCH3 is 1. The van der Waals surface area contributed by atoms with E-state index in [4.69, 9.17) is 18.7 Å². The van der Waals surface area contributed by atoms with Crippen LogP contribution in [0.1, 0.15) is 34.0 Å². The monoisotopic (exact) mass is 491 g/mol. The molecule has 0 saturated carbocycles. The van der Waals surface area contributed by atoms with E-state index in [-0.39, 0.29) is 31.3 Å². The van der Waals surface area contributed by atoms with E-state index in [2.05, 4.69) is 5.32 Å². The Kier molecular flexibility index (Phi) is 11.1. The average Bonchev–Trinajstić information content (AvgIpc) is 2.81. The molecule has 34 heavy (non-hydrogen) atoms. The first-order chi connectivity index (χ1) is 16.3. The second-order valence-electron chi connectivity index (χ2n) is 7.70. The highest BCUT2D eigenvalue weighted by Crippen LogP contribution is 2.50. The zero-order valence-corrected chi connectivity index (χ0v) is 21.4. The molecule has 0 saturated heterocycles. The number of anilines is 1. The summed E-state index contributed by atoms with van der Waals surface area (Å²) in [7, 11) is -2.25. The lowest BCUT2D eigenvalue weighted by molar-refractivity contribution is -0.121. The van der Waals surface area contributed by atoms with Crippen LogP contribution in [-0.4, -0.2) is 58.2 Å². The Morgan fingerprint density at radius 2 is 1.59 bits per heavy atom. The highest BCUT2D eigenvalue weighted by atomic mass is 31.2. The Hall–Kier alpha value is -2.35. The van der Waals surface area contributed by atoms with Crippen molar-refractivity contribution in [3.63, 3.8) is 0 Å². The molecule has 1 N–H and O–H groups in total. The van der Waals surface area contributed by atoms with Gasteiger partial charge in [-0.1, -0.05) is 24.3 Å². The molecule has 1 atom stereocenters. The standard InChI is InChI=1S/C25H34NO7P/c1-6-33-34(29,21-10-8-7-9-11-21)25(28)23-18(2)16-19(3)24(20(23)4)26-22(27)17-32-15-14-31-13-12-30-5/h7-11,16H,6,12-15,17H2,1-5H3,(H,26,27). The fraction of sp³-hybridized carbons (Fsp3) is 0.440. The Labute approximate surface area is 201 Å². The minimum absolute atomic E-state index is 0.123. The largest absolute Gasteiger partial charge is 0.382 e. The molecule has 2 aromatic rings. The maximum Gasteiger partial charge on any atom is 0.300 e. The van der Waals surface area contributed by atoms with Crippen molar-refractivity contribution in [3.8, 4) is 0 Å². The number of aryl methyl sites for hydroxylation is 2. The minimum atomic E-state index is -3.84. The molecule has 9 heteroatoms. The van der Waals surface area contributed by atoms with Crippen LogP contribution in [0.4, 0.5) is 5.69 Å². The summed E-state index contributed by atoms with van der Waals surface area (Å²) in [5.41, 5.74) is 2.18. The quantitative estimate of drug-likeness (QED) is 0.315. The number of nitrogens with one attached hydrogen (secondary N) is 1. The molecular formula is C25H34NO7P. The van der Waals surface area contributed by atoms with Crippen molar-refractivity contribution >= 4 is 29.8 Å². The third-order valence-corrected chi connectivity index (χ3v) is 7.52. The third-order valence-electron chi connectivity index (χ3n) is 5.16. The van der Waals surface area contributed by atoms with Gasteiger partial charge in [-0.15, -0.1) is 0 Å². The van der Waals surface area contributed by atoms with Crippen LogP contribution >= 0.6 is 7.37 Å². The Morgan fingerprint density at radius 3 is 2.24 bits per heavy atom. The number of rotatable bonds is 14. The zero-order chi connectivity index (χ0) is 25.1. The SMILES string of the molecule is CCOP(=O)(C(=O)c1c(C)cc(C)c(NC(=O)COCCOCCOC)c1C)c1ccccc1. The fourth-order valence-electron chi connectivity index (χ4n) is 3.61. The first kappa shape index (κ1) is 27.9. The van der Waals surface area contributed by atoms with E-state index in [1.54, 1.807) is 64.3 Å². The fourth-order valence-corrected chi connectivity index (χ4v) is 5.68. The molecule has 0 radical (unpaired) electrons. The molecule has 0 aliphatic carbocycles. The number of carbonyl (C=O) groups excluding carboxylic acids is 2. The number of carbonyl (C=O) groups is 2. The van der Waals surface area contributed by atoms with Gasteiger partial charge in [0, 0.05) is 23.7 Å². The maximum atomic E-state index is 13.8. The number of hydrogen-bond donors (Lipinski definition) is 1. The Balaban J connectivity index is 2.22.